The molecule has 0 bridgehead atoms. The highest BCUT2D eigenvalue weighted by Crippen LogP contribution is 2.03. The predicted octanol–water partition coefficient (Wildman–Crippen LogP) is 1.89. The maximum Gasteiger partial charge on any atom is 0.0172 e. The third-order valence-electron chi connectivity index (χ3n) is 1.64. The highest BCUT2D eigenvalue weighted by Gasteiger charge is 1.93. The van der Waals surface area contributed by atoms with E-state index in [1.165, 1.54) is 12.1 Å². The van der Waals surface area contributed by atoms with Crippen LogP contribution in [0.15, 0.2) is 18.3 Å². The molecule has 0 atom stereocenters. The van der Waals surface area contributed by atoms with E-state index in [9.17, 15) is 0 Å². The fourth-order valence-electron chi connectivity index (χ4n) is 1.02. The average Bonchev–Trinajstić information content (AvgIpc) is 2.31. The van der Waals surface area contributed by atoms with E-state index >= 15 is 0 Å². The van der Waals surface area contributed by atoms with Gasteiger partial charge in [0.1, 0.15) is 0 Å². The largest absolute Gasteiger partial charge is 0.354 e. The molecule has 1 aromatic heterocycles. The molecule has 0 saturated carbocycles. The summed E-state index contributed by atoms with van der Waals surface area (Å²) in [5.74, 6) is 0.977. The second-order valence-electron chi connectivity index (χ2n) is 2.44. The maximum atomic E-state index is 4.16. The molecule has 1 rings (SSSR count). The Morgan fingerprint density at radius 3 is 2.90 bits per heavy atom. The van der Waals surface area contributed by atoms with Gasteiger partial charge in [-0.2, -0.15) is 12.6 Å². The van der Waals surface area contributed by atoms with Gasteiger partial charge in [0, 0.05) is 18.9 Å². The van der Waals surface area contributed by atoms with E-state index in [0.717, 1.165) is 12.2 Å². The molecule has 1 nitrogen and oxygen atoms in total. The number of aromatic nitrogens is 1. The van der Waals surface area contributed by atoms with Crippen LogP contribution in [0.1, 0.15) is 12.1 Å². The molecular weight excluding hydrogens is 142 g/mol. The van der Waals surface area contributed by atoms with E-state index in [0.29, 0.717) is 0 Å². The lowest BCUT2D eigenvalue weighted by atomic mass is 10.2. The van der Waals surface area contributed by atoms with Gasteiger partial charge in [-0.05, 0) is 30.7 Å². The van der Waals surface area contributed by atoms with Gasteiger partial charge in [0.25, 0.3) is 0 Å². The molecule has 1 aromatic rings. The molecule has 0 radical (unpaired) electrons. The summed E-state index contributed by atoms with van der Waals surface area (Å²) in [7, 11) is 2.08. The van der Waals surface area contributed by atoms with Gasteiger partial charge < -0.3 is 4.57 Å². The molecule has 0 fully saturated rings. The van der Waals surface area contributed by atoms with Gasteiger partial charge in [0.05, 0.1) is 0 Å². The molecule has 0 aliphatic heterocycles. The third kappa shape index (κ3) is 1.81. The summed E-state index contributed by atoms with van der Waals surface area (Å²) >= 11 is 4.16. The summed E-state index contributed by atoms with van der Waals surface area (Å²) in [5.41, 5.74) is 1.40. The molecule has 0 N–H and O–H groups in total. The lowest BCUT2D eigenvalue weighted by Gasteiger charge is -1.99. The van der Waals surface area contributed by atoms with E-state index in [4.69, 9.17) is 0 Å². The second kappa shape index (κ2) is 3.71. The number of hydrogen-bond donors (Lipinski definition) is 1. The van der Waals surface area contributed by atoms with Gasteiger partial charge in [-0.1, -0.05) is 0 Å². The van der Waals surface area contributed by atoms with Crippen LogP contribution < -0.4 is 0 Å². The van der Waals surface area contributed by atoms with E-state index in [-0.39, 0.29) is 0 Å². The van der Waals surface area contributed by atoms with Crippen LogP contribution in [0.3, 0.4) is 0 Å². The summed E-state index contributed by atoms with van der Waals surface area (Å²) in [5, 5.41) is 0. The molecule has 0 aliphatic carbocycles. The molecule has 0 amide bonds. The minimum absolute atomic E-state index is 0.977. The summed E-state index contributed by atoms with van der Waals surface area (Å²) in [6.45, 7) is 0. The van der Waals surface area contributed by atoms with Crippen molar-refractivity contribution in [3.05, 3.63) is 24.0 Å². The highest BCUT2D eigenvalue weighted by atomic mass is 32.1. The fourth-order valence-corrected chi connectivity index (χ4v) is 1.17. The molecule has 56 valence electrons. The summed E-state index contributed by atoms with van der Waals surface area (Å²) in [6, 6.07) is 4.23. The first kappa shape index (κ1) is 7.73. The first-order valence-corrected chi connectivity index (χ1v) is 4.19. The van der Waals surface area contributed by atoms with Crippen molar-refractivity contribution in [3.8, 4) is 0 Å². The SMILES string of the molecule is Cn1cccc1CCCS. The average molecular weight is 155 g/mol. The third-order valence-corrected chi connectivity index (χ3v) is 1.96. The Labute approximate surface area is 67.5 Å². The van der Waals surface area contributed by atoms with Crippen molar-refractivity contribution in [2.45, 2.75) is 12.8 Å². The molecule has 0 unspecified atom stereocenters. The van der Waals surface area contributed by atoms with Crippen molar-refractivity contribution < 1.29 is 0 Å². The van der Waals surface area contributed by atoms with E-state index < -0.39 is 0 Å². The normalized spacial score (nSPS) is 10.2. The van der Waals surface area contributed by atoms with Gasteiger partial charge in [0.15, 0.2) is 0 Å². The van der Waals surface area contributed by atoms with Crippen LogP contribution in [0, 0.1) is 0 Å². The van der Waals surface area contributed by atoms with Crippen molar-refractivity contribution in [1.82, 2.24) is 4.57 Å². The molecule has 0 spiro atoms. The molecule has 0 saturated heterocycles. The van der Waals surface area contributed by atoms with Gasteiger partial charge in [-0.3, -0.25) is 0 Å². The summed E-state index contributed by atoms with van der Waals surface area (Å²) < 4.78 is 2.16. The van der Waals surface area contributed by atoms with E-state index in [1.807, 2.05) is 0 Å². The first-order chi connectivity index (χ1) is 4.84. The smallest absolute Gasteiger partial charge is 0.0172 e. The Hall–Kier alpha value is -0.370. The Balaban J connectivity index is 2.49. The van der Waals surface area contributed by atoms with E-state index in [1.54, 1.807) is 0 Å². The lowest BCUT2D eigenvalue weighted by Crippen LogP contribution is -1.94. The van der Waals surface area contributed by atoms with Crippen molar-refractivity contribution >= 4 is 12.6 Å². The van der Waals surface area contributed by atoms with Crippen LogP contribution in [0.25, 0.3) is 0 Å². The van der Waals surface area contributed by atoms with Crippen LogP contribution in [-0.2, 0) is 13.5 Å². The molecule has 2 heteroatoms. The standard InChI is InChI=1S/C8H13NS/c1-9-6-2-4-8(9)5-3-7-10/h2,4,6,10H,3,5,7H2,1H3. The van der Waals surface area contributed by atoms with Gasteiger partial charge >= 0.3 is 0 Å². The van der Waals surface area contributed by atoms with Crippen molar-refractivity contribution in [2.75, 3.05) is 5.75 Å². The molecule has 10 heavy (non-hydrogen) atoms. The number of nitrogens with zero attached hydrogens (tertiary/aromatic N) is 1. The summed E-state index contributed by atoms with van der Waals surface area (Å²) in [4.78, 5) is 0. The van der Waals surface area contributed by atoms with Gasteiger partial charge in [-0.15, -0.1) is 0 Å². The quantitative estimate of drug-likeness (QED) is 0.636. The summed E-state index contributed by atoms with van der Waals surface area (Å²) in [6.07, 6.45) is 4.39. The number of rotatable bonds is 3. The Kier molecular flexibility index (Phi) is 2.87. The number of hydrogen-bond acceptors (Lipinski definition) is 1. The topological polar surface area (TPSA) is 4.93 Å². The van der Waals surface area contributed by atoms with Crippen LogP contribution in [0.5, 0.6) is 0 Å². The minimum Gasteiger partial charge on any atom is -0.354 e. The van der Waals surface area contributed by atoms with E-state index in [2.05, 4.69) is 42.6 Å². The molecule has 0 aromatic carbocycles. The van der Waals surface area contributed by atoms with Crippen molar-refractivity contribution in [2.24, 2.45) is 7.05 Å². The second-order valence-corrected chi connectivity index (χ2v) is 2.88. The molecular formula is C8H13NS. The molecule has 0 aliphatic rings. The Morgan fingerprint density at radius 1 is 1.60 bits per heavy atom. The van der Waals surface area contributed by atoms with Crippen LogP contribution in [0.4, 0.5) is 0 Å². The van der Waals surface area contributed by atoms with Gasteiger partial charge in [-0.25, -0.2) is 0 Å². The fraction of sp³-hybridized carbons (Fsp3) is 0.500. The van der Waals surface area contributed by atoms with Crippen molar-refractivity contribution in [1.29, 1.82) is 0 Å². The zero-order chi connectivity index (χ0) is 7.40. The highest BCUT2D eigenvalue weighted by molar-refractivity contribution is 7.80. The lowest BCUT2D eigenvalue weighted by molar-refractivity contribution is 0.792. The number of thiol groups is 1. The maximum absolute atomic E-state index is 4.16. The molecule has 1 heterocycles. The number of aryl methyl sites for hydroxylation is 2. The minimum atomic E-state index is 0.977. The predicted molar refractivity (Wildman–Crippen MR) is 47.6 cm³/mol. The van der Waals surface area contributed by atoms with Gasteiger partial charge in [0.2, 0.25) is 0 Å². The first-order valence-electron chi connectivity index (χ1n) is 3.55. The van der Waals surface area contributed by atoms with Crippen LogP contribution in [-0.4, -0.2) is 10.3 Å². The zero-order valence-electron chi connectivity index (χ0n) is 6.25. The van der Waals surface area contributed by atoms with Crippen LogP contribution in [0.2, 0.25) is 0 Å². The Morgan fingerprint density at radius 2 is 2.40 bits per heavy atom. The zero-order valence-corrected chi connectivity index (χ0v) is 7.14. The van der Waals surface area contributed by atoms with Crippen LogP contribution >= 0.6 is 12.6 Å². The Bertz CT molecular complexity index is 193. The van der Waals surface area contributed by atoms with Crippen molar-refractivity contribution in [3.63, 3.8) is 0 Å². The monoisotopic (exact) mass is 155 g/mol.